The van der Waals surface area contributed by atoms with Crippen LogP contribution in [0.3, 0.4) is 0 Å². The lowest BCUT2D eigenvalue weighted by Gasteiger charge is -2.29. The van der Waals surface area contributed by atoms with Gasteiger partial charge in [0.1, 0.15) is 0 Å². The molecule has 0 atom stereocenters. The quantitative estimate of drug-likeness (QED) is 0.626. The Morgan fingerprint density at radius 2 is 1.11 bits per heavy atom. The van der Waals surface area contributed by atoms with E-state index in [1.807, 2.05) is 0 Å². The zero-order chi connectivity index (χ0) is 15.9. The number of aliphatic hydroxyl groups excluding tert-OH is 1. The number of alkyl halides is 9. The van der Waals surface area contributed by atoms with Crippen molar-refractivity contribution >= 4 is 0 Å². The van der Waals surface area contributed by atoms with Crippen LogP contribution >= 0.6 is 0 Å². The van der Waals surface area contributed by atoms with Crippen molar-refractivity contribution in [2.24, 2.45) is 0 Å². The van der Waals surface area contributed by atoms with Gasteiger partial charge in [0.05, 0.1) is 0 Å². The first-order chi connectivity index (χ1) is 8.06. The molecule has 0 aromatic rings. The Labute approximate surface area is 95.6 Å². The predicted octanol–water partition coefficient (Wildman–Crippen LogP) is 4.05. The van der Waals surface area contributed by atoms with Gasteiger partial charge in [0.25, 0.3) is 5.83 Å². The smallest absolute Gasteiger partial charge is 0.483 e. The highest BCUT2D eigenvalue weighted by molar-refractivity contribution is 5.08. The van der Waals surface area contributed by atoms with E-state index in [9.17, 15) is 48.3 Å². The Morgan fingerprint density at radius 3 is 1.37 bits per heavy atom. The van der Waals surface area contributed by atoms with Crippen LogP contribution in [-0.4, -0.2) is 29.4 Å². The molecule has 19 heavy (non-hydrogen) atoms. The van der Waals surface area contributed by atoms with Gasteiger partial charge in [0.15, 0.2) is 0 Å². The Morgan fingerprint density at radius 1 is 0.737 bits per heavy atom. The molecule has 0 spiro atoms. The van der Waals surface area contributed by atoms with Gasteiger partial charge in [-0.05, 0) is 0 Å². The number of rotatable bonds is 4. The maximum absolute atomic E-state index is 12.4. The Balaban J connectivity index is 5.48. The van der Waals surface area contributed by atoms with Crippen molar-refractivity contribution in [3.63, 3.8) is 0 Å². The number of hydrogen-bond donors (Lipinski definition) is 1. The molecule has 0 rings (SSSR count). The van der Waals surface area contributed by atoms with E-state index >= 15 is 0 Å². The lowest BCUT2D eigenvalue weighted by molar-refractivity contribution is -0.483. The SMILES string of the molecule is OC(F)=C(F)C(F)(F)C(F)(F)OC(F)(F)C(F)(F)F. The van der Waals surface area contributed by atoms with Gasteiger partial charge in [-0.25, -0.2) is 4.74 Å². The topological polar surface area (TPSA) is 29.5 Å². The maximum atomic E-state index is 12.4. The van der Waals surface area contributed by atoms with Gasteiger partial charge in [-0.3, -0.25) is 0 Å². The molecule has 0 aliphatic rings. The third-order valence-corrected chi connectivity index (χ3v) is 1.41. The van der Waals surface area contributed by atoms with Gasteiger partial charge in [-0.2, -0.15) is 48.3 Å². The van der Waals surface area contributed by atoms with Crippen LogP contribution in [0.25, 0.3) is 0 Å². The zero-order valence-corrected chi connectivity index (χ0v) is 8.01. The summed E-state index contributed by atoms with van der Waals surface area (Å²) in [6, 6.07) is -3.54. The van der Waals surface area contributed by atoms with Crippen molar-refractivity contribution in [1.29, 1.82) is 0 Å². The summed E-state index contributed by atoms with van der Waals surface area (Å²) in [6.07, 6.45) is -20.4. The van der Waals surface area contributed by atoms with Crippen molar-refractivity contribution in [3.8, 4) is 0 Å². The standard InChI is InChI=1S/C6HF11O2/c7-1(2(8)18)3(9,10)5(14,15)19-6(16,17)4(11,12)13/h18H. The summed E-state index contributed by atoms with van der Waals surface area (Å²) in [5.74, 6) is -10.6. The number of halogens is 11. The summed E-state index contributed by atoms with van der Waals surface area (Å²) in [6.45, 7) is 0. The average Bonchev–Trinajstić information content (AvgIpc) is 2.12. The van der Waals surface area contributed by atoms with E-state index in [4.69, 9.17) is 5.11 Å². The third-order valence-electron chi connectivity index (χ3n) is 1.41. The van der Waals surface area contributed by atoms with Crippen LogP contribution in [0.5, 0.6) is 0 Å². The molecule has 0 bridgehead atoms. The van der Waals surface area contributed by atoms with E-state index < -0.39 is 36.2 Å². The summed E-state index contributed by atoms with van der Waals surface area (Å²) in [5.41, 5.74) is 0. The second kappa shape index (κ2) is 4.68. The van der Waals surface area contributed by atoms with Gasteiger partial charge in [-0.15, -0.1) is 0 Å². The first-order valence-electron chi connectivity index (χ1n) is 3.71. The Kier molecular flexibility index (Phi) is 4.37. The summed E-state index contributed by atoms with van der Waals surface area (Å²) in [4.78, 5) is 0. The molecule has 0 amide bonds. The summed E-state index contributed by atoms with van der Waals surface area (Å²) >= 11 is 0. The van der Waals surface area contributed by atoms with E-state index in [-0.39, 0.29) is 0 Å². The van der Waals surface area contributed by atoms with Gasteiger partial charge in [0.2, 0.25) is 0 Å². The lowest BCUT2D eigenvalue weighted by Crippen LogP contribution is -2.52. The molecule has 114 valence electrons. The Bertz CT molecular complexity index is 364. The molecular weight excluding hydrogens is 313 g/mol. The highest BCUT2D eigenvalue weighted by Crippen LogP contribution is 2.48. The van der Waals surface area contributed by atoms with Crippen molar-refractivity contribution < 1.29 is 58.1 Å². The highest BCUT2D eigenvalue weighted by Gasteiger charge is 2.72. The molecule has 0 aliphatic carbocycles. The van der Waals surface area contributed by atoms with Gasteiger partial charge < -0.3 is 5.11 Å². The molecule has 0 unspecified atom stereocenters. The molecule has 0 fully saturated rings. The van der Waals surface area contributed by atoms with Crippen LogP contribution in [0.2, 0.25) is 0 Å². The number of hydrogen-bond acceptors (Lipinski definition) is 2. The first-order valence-corrected chi connectivity index (χ1v) is 3.71. The van der Waals surface area contributed by atoms with E-state index in [1.165, 1.54) is 4.74 Å². The largest absolute Gasteiger partial charge is 0.484 e. The Hall–Kier alpha value is -1.27. The van der Waals surface area contributed by atoms with E-state index in [1.54, 1.807) is 0 Å². The summed E-state index contributed by atoms with van der Waals surface area (Å²) < 4.78 is 133. The summed E-state index contributed by atoms with van der Waals surface area (Å²) in [7, 11) is 0. The molecule has 0 saturated heterocycles. The van der Waals surface area contributed by atoms with E-state index in [2.05, 4.69) is 0 Å². The van der Waals surface area contributed by atoms with E-state index in [0.717, 1.165) is 0 Å². The molecule has 0 aromatic carbocycles. The fourth-order valence-corrected chi connectivity index (χ4v) is 0.540. The van der Waals surface area contributed by atoms with E-state index in [0.29, 0.717) is 0 Å². The van der Waals surface area contributed by atoms with Crippen LogP contribution in [0.1, 0.15) is 0 Å². The van der Waals surface area contributed by atoms with Crippen LogP contribution in [0.4, 0.5) is 48.3 Å². The monoisotopic (exact) mass is 314 g/mol. The maximum Gasteiger partial charge on any atom is 0.483 e. The zero-order valence-electron chi connectivity index (χ0n) is 8.01. The fourth-order valence-electron chi connectivity index (χ4n) is 0.540. The molecule has 2 nitrogen and oxygen atoms in total. The second-order valence-electron chi connectivity index (χ2n) is 2.81. The highest BCUT2D eigenvalue weighted by atomic mass is 19.4. The van der Waals surface area contributed by atoms with Crippen molar-refractivity contribution in [3.05, 3.63) is 11.8 Å². The molecule has 0 aromatic heterocycles. The normalized spacial score (nSPS) is 16.4. The van der Waals surface area contributed by atoms with Crippen LogP contribution in [-0.2, 0) is 4.74 Å². The second-order valence-corrected chi connectivity index (χ2v) is 2.81. The predicted molar refractivity (Wildman–Crippen MR) is 33.9 cm³/mol. The molecule has 1 N–H and O–H groups in total. The molecule has 13 heteroatoms. The van der Waals surface area contributed by atoms with Crippen molar-refractivity contribution in [1.82, 2.24) is 0 Å². The molecule has 0 radical (unpaired) electrons. The molecular formula is C6HF11O2. The van der Waals surface area contributed by atoms with Crippen LogP contribution in [0.15, 0.2) is 11.8 Å². The minimum absolute atomic E-state index is 1.53. The van der Waals surface area contributed by atoms with Gasteiger partial charge >= 0.3 is 30.3 Å². The average molecular weight is 314 g/mol. The van der Waals surface area contributed by atoms with Crippen LogP contribution < -0.4 is 0 Å². The molecule has 0 saturated carbocycles. The minimum atomic E-state index is -6.82. The van der Waals surface area contributed by atoms with Crippen molar-refractivity contribution in [2.45, 2.75) is 24.3 Å². The number of aliphatic hydroxyl groups is 1. The first kappa shape index (κ1) is 17.7. The fraction of sp³-hybridized carbons (Fsp3) is 0.667. The lowest BCUT2D eigenvalue weighted by atomic mass is 10.3. The molecule has 0 aliphatic heterocycles. The van der Waals surface area contributed by atoms with Gasteiger partial charge in [0, 0.05) is 0 Å². The van der Waals surface area contributed by atoms with Crippen LogP contribution in [0, 0.1) is 0 Å². The number of ether oxygens (including phenoxy) is 1. The molecule has 0 heterocycles. The third kappa shape index (κ3) is 3.39. The summed E-state index contributed by atoms with van der Waals surface area (Å²) in [5, 5.41) is 7.54. The van der Waals surface area contributed by atoms with Crippen molar-refractivity contribution in [2.75, 3.05) is 0 Å². The van der Waals surface area contributed by atoms with Gasteiger partial charge in [-0.1, -0.05) is 0 Å². The minimum Gasteiger partial charge on any atom is -0.484 e.